The zero-order valence-electron chi connectivity index (χ0n) is 11.1. The molecule has 0 N–H and O–H groups in total. The van der Waals surface area contributed by atoms with Gasteiger partial charge in [0.1, 0.15) is 5.69 Å². The Labute approximate surface area is 117 Å². The van der Waals surface area contributed by atoms with Gasteiger partial charge in [0.2, 0.25) is 0 Å². The fourth-order valence-electron chi connectivity index (χ4n) is 3.55. The number of nitrogens with zero attached hydrogens (tertiary/aromatic N) is 3. The van der Waals surface area contributed by atoms with E-state index < -0.39 is 0 Å². The first-order chi connectivity index (χ1) is 9.31. The minimum absolute atomic E-state index is 0.253. The molecule has 4 nitrogen and oxygen atoms in total. The number of anilines is 1. The molecule has 0 bridgehead atoms. The Balaban J connectivity index is 1.57. The predicted molar refractivity (Wildman–Crippen MR) is 76.2 cm³/mol. The van der Waals surface area contributed by atoms with Gasteiger partial charge in [0.25, 0.3) is 0 Å². The minimum atomic E-state index is 0.253. The zero-order chi connectivity index (χ0) is 12.8. The summed E-state index contributed by atoms with van der Waals surface area (Å²) in [4.78, 5) is 22.8. The summed E-state index contributed by atoms with van der Waals surface area (Å²) in [6, 6.07) is 0.713. The van der Waals surface area contributed by atoms with E-state index in [2.05, 4.69) is 14.8 Å². The highest BCUT2D eigenvalue weighted by Crippen LogP contribution is 2.33. The van der Waals surface area contributed by atoms with Crippen molar-refractivity contribution in [1.82, 2.24) is 9.88 Å². The van der Waals surface area contributed by atoms with Gasteiger partial charge in [-0.05, 0) is 32.2 Å². The molecular formula is C14H19N3OS. The SMILES string of the molecule is O=C1CCCc2sc(N3CCN4CCCC4C3)nc21. The highest BCUT2D eigenvalue weighted by molar-refractivity contribution is 7.16. The quantitative estimate of drug-likeness (QED) is 0.786. The van der Waals surface area contributed by atoms with Crippen molar-refractivity contribution in [1.29, 1.82) is 0 Å². The Morgan fingerprint density at radius 1 is 1.16 bits per heavy atom. The maximum absolute atomic E-state index is 11.9. The van der Waals surface area contributed by atoms with Crippen LogP contribution in [0.1, 0.15) is 41.0 Å². The molecule has 0 spiro atoms. The lowest BCUT2D eigenvalue weighted by Crippen LogP contribution is -2.50. The molecule has 19 heavy (non-hydrogen) atoms. The predicted octanol–water partition coefficient (Wildman–Crippen LogP) is 1.95. The van der Waals surface area contributed by atoms with Crippen LogP contribution in [0.5, 0.6) is 0 Å². The van der Waals surface area contributed by atoms with Crippen molar-refractivity contribution in [3.05, 3.63) is 10.6 Å². The summed E-state index contributed by atoms with van der Waals surface area (Å²) in [6.07, 6.45) is 5.39. The molecule has 2 saturated heterocycles. The molecule has 2 fully saturated rings. The highest BCUT2D eigenvalue weighted by Gasteiger charge is 2.32. The molecule has 2 aliphatic heterocycles. The van der Waals surface area contributed by atoms with Gasteiger partial charge in [-0.15, -0.1) is 11.3 Å². The summed E-state index contributed by atoms with van der Waals surface area (Å²) in [6.45, 7) is 4.59. The summed E-state index contributed by atoms with van der Waals surface area (Å²) >= 11 is 1.76. The van der Waals surface area contributed by atoms with E-state index >= 15 is 0 Å². The maximum atomic E-state index is 11.9. The molecule has 102 valence electrons. The van der Waals surface area contributed by atoms with Crippen LogP contribution in [-0.4, -0.2) is 47.9 Å². The van der Waals surface area contributed by atoms with Gasteiger partial charge in [-0.3, -0.25) is 9.69 Å². The molecule has 0 radical (unpaired) electrons. The average molecular weight is 277 g/mol. The number of rotatable bonds is 1. The van der Waals surface area contributed by atoms with Crippen molar-refractivity contribution in [2.75, 3.05) is 31.1 Å². The second-order valence-electron chi connectivity index (χ2n) is 5.82. The first-order valence-corrected chi connectivity index (χ1v) is 8.15. The summed E-state index contributed by atoms with van der Waals surface area (Å²) in [5, 5.41) is 1.09. The van der Waals surface area contributed by atoms with Crippen LogP contribution in [0.25, 0.3) is 0 Å². The molecule has 1 aliphatic carbocycles. The van der Waals surface area contributed by atoms with E-state index in [-0.39, 0.29) is 5.78 Å². The van der Waals surface area contributed by atoms with Gasteiger partial charge in [-0.25, -0.2) is 4.98 Å². The van der Waals surface area contributed by atoms with Crippen molar-refractivity contribution in [2.24, 2.45) is 0 Å². The zero-order valence-corrected chi connectivity index (χ0v) is 11.9. The molecule has 3 heterocycles. The molecule has 0 aromatic carbocycles. The second-order valence-corrected chi connectivity index (χ2v) is 6.89. The Kier molecular flexibility index (Phi) is 2.84. The van der Waals surface area contributed by atoms with E-state index in [1.54, 1.807) is 11.3 Å². The van der Waals surface area contributed by atoms with Gasteiger partial charge in [-0.1, -0.05) is 0 Å². The minimum Gasteiger partial charge on any atom is -0.345 e. The smallest absolute Gasteiger partial charge is 0.186 e. The number of fused-ring (bicyclic) bond motifs is 2. The van der Waals surface area contributed by atoms with Gasteiger partial charge in [0.15, 0.2) is 10.9 Å². The third kappa shape index (κ3) is 1.99. The second kappa shape index (κ2) is 4.56. The van der Waals surface area contributed by atoms with Crippen LogP contribution in [0.4, 0.5) is 5.13 Å². The van der Waals surface area contributed by atoms with Crippen LogP contribution < -0.4 is 4.90 Å². The van der Waals surface area contributed by atoms with E-state index in [0.717, 1.165) is 43.3 Å². The van der Waals surface area contributed by atoms with E-state index in [0.29, 0.717) is 12.5 Å². The number of thiazole rings is 1. The molecule has 1 aromatic heterocycles. The lowest BCUT2D eigenvalue weighted by atomic mass is 10.0. The van der Waals surface area contributed by atoms with Crippen molar-refractivity contribution in [2.45, 2.75) is 38.1 Å². The molecule has 4 rings (SSSR count). The monoisotopic (exact) mass is 277 g/mol. The fraction of sp³-hybridized carbons (Fsp3) is 0.714. The number of hydrogen-bond acceptors (Lipinski definition) is 5. The molecule has 5 heteroatoms. The van der Waals surface area contributed by atoms with Gasteiger partial charge in [0.05, 0.1) is 0 Å². The van der Waals surface area contributed by atoms with E-state index in [4.69, 9.17) is 0 Å². The molecular weight excluding hydrogens is 258 g/mol. The third-order valence-electron chi connectivity index (χ3n) is 4.62. The van der Waals surface area contributed by atoms with Crippen LogP contribution in [0.3, 0.4) is 0 Å². The van der Waals surface area contributed by atoms with E-state index in [9.17, 15) is 4.79 Å². The summed E-state index contributed by atoms with van der Waals surface area (Å²) in [5.41, 5.74) is 0.778. The molecule has 1 unspecified atom stereocenters. The number of aryl methyl sites for hydroxylation is 1. The highest BCUT2D eigenvalue weighted by atomic mass is 32.1. The Bertz CT molecular complexity index is 513. The first-order valence-electron chi connectivity index (χ1n) is 7.33. The van der Waals surface area contributed by atoms with Crippen LogP contribution in [-0.2, 0) is 6.42 Å². The summed E-state index contributed by atoms with van der Waals surface area (Å²) in [5.74, 6) is 0.253. The number of Topliss-reactive ketones (excluding diaryl/α,β-unsaturated/α-hetero) is 1. The maximum Gasteiger partial charge on any atom is 0.186 e. The normalized spacial score (nSPS) is 27.5. The summed E-state index contributed by atoms with van der Waals surface area (Å²) in [7, 11) is 0. The molecule has 3 aliphatic rings. The number of hydrogen-bond donors (Lipinski definition) is 0. The van der Waals surface area contributed by atoms with Crippen LogP contribution in [0.2, 0.25) is 0 Å². The topological polar surface area (TPSA) is 36.4 Å². The van der Waals surface area contributed by atoms with Gasteiger partial charge in [-0.2, -0.15) is 0 Å². The molecule has 1 aromatic rings. The lowest BCUT2D eigenvalue weighted by molar-refractivity contribution is 0.0968. The average Bonchev–Trinajstić information content (AvgIpc) is 3.04. The van der Waals surface area contributed by atoms with Crippen molar-refractivity contribution in [3.8, 4) is 0 Å². The lowest BCUT2D eigenvalue weighted by Gasteiger charge is -2.37. The van der Waals surface area contributed by atoms with Crippen molar-refractivity contribution in [3.63, 3.8) is 0 Å². The molecule has 0 saturated carbocycles. The number of piperazine rings is 1. The first kappa shape index (κ1) is 11.9. The van der Waals surface area contributed by atoms with Crippen molar-refractivity contribution >= 4 is 22.3 Å². The number of ketones is 1. The Morgan fingerprint density at radius 2 is 2.11 bits per heavy atom. The Hall–Kier alpha value is -0.940. The largest absolute Gasteiger partial charge is 0.345 e. The van der Waals surface area contributed by atoms with Crippen LogP contribution >= 0.6 is 11.3 Å². The number of aromatic nitrogens is 1. The van der Waals surface area contributed by atoms with Crippen LogP contribution in [0.15, 0.2) is 0 Å². The van der Waals surface area contributed by atoms with E-state index in [1.165, 1.54) is 24.3 Å². The van der Waals surface area contributed by atoms with Crippen molar-refractivity contribution < 1.29 is 4.79 Å². The molecule has 0 amide bonds. The summed E-state index contributed by atoms with van der Waals surface area (Å²) < 4.78 is 0. The molecule has 1 atom stereocenters. The van der Waals surface area contributed by atoms with Gasteiger partial charge in [0, 0.05) is 37.0 Å². The van der Waals surface area contributed by atoms with Crippen LogP contribution in [0, 0.1) is 0 Å². The van der Waals surface area contributed by atoms with E-state index in [1.807, 2.05) is 0 Å². The van der Waals surface area contributed by atoms with Gasteiger partial charge < -0.3 is 4.90 Å². The third-order valence-corrected chi connectivity index (χ3v) is 5.79. The fourth-order valence-corrected chi connectivity index (χ4v) is 4.71. The van der Waals surface area contributed by atoms with Gasteiger partial charge >= 0.3 is 0 Å². The Morgan fingerprint density at radius 3 is 3.00 bits per heavy atom. The number of carbonyl (C=O) groups excluding carboxylic acids is 1. The number of carbonyl (C=O) groups is 1. The standard InChI is InChI=1S/C14H19N3OS/c18-11-4-1-5-12-13(11)15-14(19-12)17-8-7-16-6-2-3-10(16)9-17/h10H,1-9H2.